The first-order valence-corrected chi connectivity index (χ1v) is 13.3. The first kappa shape index (κ1) is 25.9. The summed E-state index contributed by atoms with van der Waals surface area (Å²) < 4.78 is 18.4. The summed E-state index contributed by atoms with van der Waals surface area (Å²) in [6, 6.07) is 24.9. The molecule has 2 atom stereocenters. The zero-order chi connectivity index (χ0) is 26.9. The minimum absolute atomic E-state index is 0.109. The van der Waals surface area contributed by atoms with E-state index >= 15 is 0 Å². The zero-order valence-corrected chi connectivity index (χ0v) is 22.8. The fourth-order valence-electron chi connectivity index (χ4n) is 5.25. The molecular formula is C34H36O4. The van der Waals surface area contributed by atoms with Gasteiger partial charge in [-0.3, -0.25) is 0 Å². The lowest BCUT2D eigenvalue weighted by molar-refractivity contribution is 0.162. The number of rotatable bonds is 8. The van der Waals surface area contributed by atoms with E-state index in [4.69, 9.17) is 14.2 Å². The second kappa shape index (κ2) is 10.5. The summed E-state index contributed by atoms with van der Waals surface area (Å²) in [5.74, 6) is 3.29. The van der Waals surface area contributed by atoms with Gasteiger partial charge in [0.05, 0.1) is 20.8 Å². The van der Waals surface area contributed by atoms with Crippen LogP contribution < -0.4 is 14.2 Å². The molecule has 1 aliphatic rings. The van der Waals surface area contributed by atoms with Crippen molar-refractivity contribution >= 4 is 16.8 Å². The quantitative estimate of drug-likeness (QED) is 0.267. The van der Waals surface area contributed by atoms with Gasteiger partial charge >= 0.3 is 0 Å². The van der Waals surface area contributed by atoms with Crippen LogP contribution in [-0.4, -0.2) is 19.3 Å². The van der Waals surface area contributed by atoms with Crippen LogP contribution in [0.15, 0.2) is 78.9 Å². The Kier molecular flexibility index (Phi) is 7.18. The van der Waals surface area contributed by atoms with Gasteiger partial charge in [-0.15, -0.1) is 0 Å². The molecule has 196 valence electrons. The summed E-state index contributed by atoms with van der Waals surface area (Å²) in [5.41, 5.74) is 4.21. The van der Waals surface area contributed by atoms with Gasteiger partial charge < -0.3 is 19.3 Å². The molecular weight excluding hydrogens is 472 g/mol. The van der Waals surface area contributed by atoms with Gasteiger partial charge in [-0.25, -0.2) is 0 Å². The largest absolute Gasteiger partial charge is 0.497 e. The van der Waals surface area contributed by atoms with Crippen LogP contribution in [0.25, 0.3) is 16.8 Å². The predicted molar refractivity (Wildman–Crippen MR) is 154 cm³/mol. The van der Waals surface area contributed by atoms with Crippen molar-refractivity contribution in [3.8, 4) is 17.2 Å². The SMILES string of the molecule is COc1cc(OC)c2cc(CO)c3c(c2c1)OC(c1ccccc1)(c1ccc(CC(C)C(C)C)cc1)C=C3. The van der Waals surface area contributed by atoms with Gasteiger partial charge in [0.1, 0.15) is 17.2 Å². The lowest BCUT2D eigenvalue weighted by Crippen LogP contribution is -2.34. The van der Waals surface area contributed by atoms with Gasteiger partial charge in [-0.1, -0.05) is 81.4 Å². The van der Waals surface area contributed by atoms with Crippen molar-refractivity contribution in [3.63, 3.8) is 0 Å². The molecule has 0 spiro atoms. The Morgan fingerprint density at radius 3 is 2.18 bits per heavy atom. The number of aliphatic hydroxyl groups is 1. The van der Waals surface area contributed by atoms with Gasteiger partial charge in [0.15, 0.2) is 5.60 Å². The standard InChI is InChI=1S/C34H36O4/c1-22(2)23(3)17-24-11-13-27(14-12-24)34(26-9-7-6-8-10-26)16-15-29-25(21-35)18-30-31(33(29)38-34)19-28(36-4)20-32(30)37-5/h6-16,18-20,22-23,35H,17,21H2,1-5H3. The van der Waals surface area contributed by atoms with E-state index in [9.17, 15) is 5.11 Å². The molecule has 2 unspecified atom stereocenters. The Labute approximate surface area is 225 Å². The first-order valence-electron chi connectivity index (χ1n) is 13.3. The average Bonchev–Trinajstić information content (AvgIpc) is 2.96. The van der Waals surface area contributed by atoms with Crippen molar-refractivity contribution in [3.05, 3.63) is 107 Å². The summed E-state index contributed by atoms with van der Waals surface area (Å²) >= 11 is 0. The van der Waals surface area contributed by atoms with Crippen molar-refractivity contribution in [2.75, 3.05) is 14.2 Å². The Balaban J connectivity index is 1.70. The van der Waals surface area contributed by atoms with Crippen LogP contribution in [0.5, 0.6) is 17.2 Å². The van der Waals surface area contributed by atoms with Crippen LogP contribution in [0.4, 0.5) is 0 Å². The topological polar surface area (TPSA) is 47.9 Å². The monoisotopic (exact) mass is 508 g/mol. The maximum atomic E-state index is 10.3. The fourth-order valence-corrected chi connectivity index (χ4v) is 5.25. The molecule has 0 bridgehead atoms. The van der Waals surface area contributed by atoms with Crippen molar-refractivity contribution in [2.45, 2.75) is 39.4 Å². The molecule has 4 heteroatoms. The van der Waals surface area contributed by atoms with Crippen LogP contribution >= 0.6 is 0 Å². The average molecular weight is 509 g/mol. The zero-order valence-electron chi connectivity index (χ0n) is 22.8. The molecule has 4 aromatic rings. The van der Waals surface area contributed by atoms with Crippen molar-refractivity contribution in [2.24, 2.45) is 11.8 Å². The molecule has 5 rings (SSSR count). The molecule has 1 aliphatic heterocycles. The van der Waals surface area contributed by atoms with Crippen LogP contribution in [-0.2, 0) is 18.6 Å². The van der Waals surface area contributed by atoms with E-state index in [0.717, 1.165) is 39.4 Å². The van der Waals surface area contributed by atoms with Gasteiger partial charge in [0.2, 0.25) is 0 Å². The predicted octanol–water partition coefficient (Wildman–Crippen LogP) is 7.53. The van der Waals surface area contributed by atoms with Gasteiger partial charge in [-0.2, -0.15) is 0 Å². The highest BCUT2D eigenvalue weighted by atomic mass is 16.5. The fraction of sp³-hybridized carbons (Fsp3) is 0.294. The third-order valence-corrected chi connectivity index (χ3v) is 7.92. The van der Waals surface area contributed by atoms with Crippen molar-refractivity contribution < 1.29 is 19.3 Å². The second-order valence-electron chi connectivity index (χ2n) is 10.5. The summed E-state index contributed by atoms with van der Waals surface area (Å²) in [6.07, 6.45) is 5.23. The summed E-state index contributed by atoms with van der Waals surface area (Å²) in [6.45, 7) is 6.75. The third-order valence-electron chi connectivity index (χ3n) is 7.92. The molecule has 0 radical (unpaired) electrons. The van der Waals surface area contributed by atoms with Crippen LogP contribution in [0.2, 0.25) is 0 Å². The molecule has 4 aromatic carbocycles. The van der Waals surface area contributed by atoms with Crippen LogP contribution in [0, 0.1) is 11.8 Å². The number of methoxy groups -OCH3 is 2. The number of hydrogen-bond acceptors (Lipinski definition) is 4. The van der Waals surface area contributed by atoms with E-state index in [1.165, 1.54) is 5.56 Å². The lowest BCUT2D eigenvalue weighted by atomic mass is 9.82. The molecule has 0 fully saturated rings. The maximum absolute atomic E-state index is 10.3. The molecule has 0 amide bonds. The normalized spacial score (nSPS) is 17.2. The molecule has 0 saturated heterocycles. The number of aliphatic hydroxyl groups excluding tert-OH is 1. The number of benzene rings is 4. The van der Waals surface area contributed by atoms with Gasteiger partial charge in [0, 0.05) is 33.5 Å². The maximum Gasteiger partial charge on any atom is 0.178 e. The van der Waals surface area contributed by atoms with Crippen molar-refractivity contribution in [1.82, 2.24) is 0 Å². The highest BCUT2D eigenvalue weighted by molar-refractivity contribution is 5.98. The van der Waals surface area contributed by atoms with E-state index in [0.29, 0.717) is 29.1 Å². The van der Waals surface area contributed by atoms with E-state index in [2.05, 4.69) is 69.3 Å². The Morgan fingerprint density at radius 1 is 0.842 bits per heavy atom. The molecule has 1 heterocycles. The Hall–Kier alpha value is -3.76. The first-order chi connectivity index (χ1) is 18.4. The lowest BCUT2D eigenvalue weighted by Gasteiger charge is -2.37. The molecule has 38 heavy (non-hydrogen) atoms. The Bertz CT molecular complexity index is 1450. The van der Waals surface area contributed by atoms with Crippen LogP contribution in [0.3, 0.4) is 0 Å². The molecule has 4 nitrogen and oxygen atoms in total. The van der Waals surface area contributed by atoms with E-state index in [-0.39, 0.29) is 6.61 Å². The minimum Gasteiger partial charge on any atom is -0.497 e. The molecule has 1 N–H and O–H groups in total. The highest BCUT2D eigenvalue weighted by Gasteiger charge is 2.38. The highest BCUT2D eigenvalue weighted by Crippen LogP contribution is 2.48. The van der Waals surface area contributed by atoms with E-state index in [1.54, 1.807) is 14.2 Å². The molecule has 0 saturated carbocycles. The smallest absolute Gasteiger partial charge is 0.178 e. The van der Waals surface area contributed by atoms with E-state index < -0.39 is 5.60 Å². The molecule has 0 aromatic heterocycles. The van der Waals surface area contributed by atoms with E-state index in [1.807, 2.05) is 36.4 Å². The van der Waals surface area contributed by atoms with Gasteiger partial charge in [0.25, 0.3) is 0 Å². The summed E-state index contributed by atoms with van der Waals surface area (Å²) in [4.78, 5) is 0. The summed E-state index contributed by atoms with van der Waals surface area (Å²) in [5, 5.41) is 12.0. The molecule has 0 aliphatic carbocycles. The second-order valence-corrected chi connectivity index (χ2v) is 10.5. The Morgan fingerprint density at radius 2 is 1.55 bits per heavy atom. The number of ether oxygens (including phenoxy) is 3. The van der Waals surface area contributed by atoms with Crippen LogP contribution in [0.1, 0.15) is 48.6 Å². The summed E-state index contributed by atoms with van der Waals surface area (Å²) in [7, 11) is 3.29. The van der Waals surface area contributed by atoms with Gasteiger partial charge in [-0.05, 0) is 47.6 Å². The number of fused-ring (bicyclic) bond motifs is 3. The minimum atomic E-state index is -0.840. The number of hydrogen-bond donors (Lipinski definition) is 1. The third kappa shape index (κ3) is 4.54. The van der Waals surface area contributed by atoms with Crippen molar-refractivity contribution in [1.29, 1.82) is 0 Å².